The highest BCUT2D eigenvalue weighted by atomic mass is 32.2. The van der Waals surface area contributed by atoms with Crippen LogP contribution in [0.3, 0.4) is 0 Å². The van der Waals surface area contributed by atoms with E-state index in [0.29, 0.717) is 6.54 Å². The number of nitrogen functional groups attached to an aromatic ring is 1. The van der Waals surface area contributed by atoms with E-state index in [4.69, 9.17) is 5.73 Å². The highest BCUT2D eigenvalue weighted by Crippen LogP contribution is 2.36. The molecule has 3 heterocycles. The second kappa shape index (κ2) is 4.88. The standard InChI is InChI=1S/C12H15N5O2S/c13-12-11(8-15-16-12)20(18,19)17-7-1-2-10(17)9-3-5-14-6-4-9/h3-6,8,10H,1-2,7H2,(H3,13,15,16). The van der Waals surface area contributed by atoms with Gasteiger partial charge in [0, 0.05) is 18.9 Å². The summed E-state index contributed by atoms with van der Waals surface area (Å²) in [6.45, 7) is 0.486. The number of anilines is 1. The fraction of sp³-hybridized carbons (Fsp3) is 0.333. The van der Waals surface area contributed by atoms with Gasteiger partial charge in [0.2, 0.25) is 10.0 Å². The third-order valence-electron chi connectivity index (χ3n) is 3.51. The molecule has 1 atom stereocenters. The van der Waals surface area contributed by atoms with Crippen LogP contribution in [0.5, 0.6) is 0 Å². The highest BCUT2D eigenvalue weighted by Gasteiger charge is 2.37. The Hall–Kier alpha value is -1.93. The SMILES string of the molecule is Nc1[nH]ncc1S(=O)(=O)N1CCCC1c1ccncc1. The van der Waals surface area contributed by atoms with Crippen molar-refractivity contribution in [2.45, 2.75) is 23.8 Å². The summed E-state index contributed by atoms with van der Waals surface area (Å²) in [4.78, 5) is 4.01. The van der Waals surface area contributed by atoms with E-state index < -0.39 is 10.0 Å². The van der Waals surface area contributed by atoms with Crippen molar-refractivity contribution in [1.82, 2.24) is 19.5 Å². The minimum Gasteiger partial charge on any atom is -0.383 e. The molecule has 0 aromatic carbocycles. The summed E-state index contributed by atoms with van der Waals surface area (Å²) in [6, 6.07) is 3.52. The van der Waals surface area contributed by atoms with Gasteiger partial charge in [-0.15, -0.1) is 0 Å². The van der Waals surface area contributed by atoms with E-state index in [1.807, 2.05) is 12.1 Å². The Morgan fingerprint density at radius 2 is 2.10 bits per heavy atom. The molecule has 3 rings (SSSR count). The van der Waals surface area contributed by atoms with Gasteiger partial charge in [0.15, 0.2) is 0 Å². The molecule has 0 radical (unpaired) electrons. The summed E-state index contributed by atoms with van der Waals surface area (Å²) >= 11 is 0. The number of rotatable bonds is 3. The van der Waals surface area contributed by atoms with Crippen molar-refractivity contribution in [3.8, 4) is 0 Å². The van der Waals surface area contributed by atoms with Crippen LogP contribution in [0.25, 0.3) is 0 Å². The van der Waals surface area contributed by atoms with Crippen molar-refractivity contribution in [1.29, 1.82) is 0 Å². The average molecular weight is 293 g/mol. The van der Waals surface area contributed by atoms with Crippen LogP contribution in [0.15, 0.2) is 35.6 Å². The van der Waals surface area contributed by atoms with Crippen molar-refractivity contribution < 1.29 is 8.42 Å². The number of H-pyrrole nitrogens is 1. The number of aromatic nitrogens is 3. The molecule has 2 aromatic rings. The summed E-state index contributed by atoms with van der Waals surface area (Å²) in [6.07, 6.45) is 6.22. The van der Waals surface area contributed by atoms with Gasteiger partial charge in [-0.1, -0.05) is 0 Å². The lowest BCUT2D eigenvalue weighted by atomic mass is 10.1. The summed E-state index contributed by atoms with van der Waals surface area (Å²) in [5.41, 5.74) is 6.59. The maximum absolute atomic E-state index is 12.7. The molecule has 0 aliphatic carbocycles. The largest absolute Gasteiger partial charge is 0.383 e. The van der Waals surface area contributed by atoms with Crippen molar-refractivity contribution in [2.75, 3.05) is 12.3 Å². The van der Waals surface area contributed by atoms with Crippen LogP contribution in [-0.2, 0) is 10.0 Å². The lowest BCUT2D eigenvalue weighted by molar-refractivity contribution is 0.397. The topological polar surface area (TPSA) is 105 Å². The Balaban J connectivity index is 1.99. The lowest BCUT2D eigenvalue weighted by Crippen LogP contribution is -2.31. The molecule has 0 saturated carbocycles. The summed E-state index contributed by atoms with van der Waals surface area (Å²) in [5, 5.41) is 6.16. The number of pyridine rings is 1. The van der Waals surface area contributed by atoms with Gasteiger partial charge in [-0.2, -0.15) is 9.40 Å². The van der Waals surface area contributed by atoms with Gasteiger partial charge < -0.3 is 5.73 Å². The predicted molar refractivity (Wildman–Crippen MR) is 73.1 cm³/mol. The Kier molecular flexibility index (Phi) is 3.19. The second-order valence-electron chi connectivity index (χ2n) is 4.70. The van der Waals surface area contributed by atoms with E-state index >= 15 is 0 Å². The molecule has 1 aliphatic heterocycles. The first-order chi connectivity index (χ1) is 9.60. The molecule has 0 amide bonds. The van der Waals surface area contributed by atoms with E-state index in [2.05, 4.69) is 15.2 Å². The highest BCUT2D eigenvalue weighted by molar-refractivity contribution is 7.89. The molecule has 1 saturated heterocycles. The van der Waals surface area contributed by atoms with E-state index in [1.54, 1.807) is 12.4 Å². The maximum Gasteiger partial charge on any atom is 0.248 e. The molecule has 8 heteroatoms. The van der Waals surface area contributed by atoms with Crippen molar-refractivity contribution in [3.63, 3.8) is 0 Å². The molecule has 0 spiro atoms. The molecular weight excluding hydrogens is 278 g/mol. The number of nitrogens with zero attached hydrogens (tertiary/aromatic N) is 3. The Morgan fingerprint density at radius 1 is 1.35 bits per heavy atom. The molecule has 106 valence electrons. The fourth-order valence-corrected chi connectivity index (χ4v) is 4.26. The third kappa shape index (κ3) is 2.06. The van der Waals surface area contributed by atoms with E-state index in [-0.39, 0.29) is 16.8 Å². The zero-order valence-electron chi connectivity index (χ0n) is 10.7. The van der Waals surface area contributed by atoms with Gasteiger partial charge in [0.05, 0.1) is 12.2 Å². The fourth-order valence-electron chi connectivity index (χ4n) is 2.56. The van der Waals surface area contributed by atoms with Crippen LogP contribution in [0.1, 0.15) is 24.4 Å². The van der Waals surface area contributed by atoms with Gasteiger partial charge in [-0.3, -0.25) is 10.1 Å². The van der Waals surface area contributed by atoms with Crippen LogP contribution >= 0.6 is 0 Å². The van der Waals surface area contributed by atoms with Crippen LogP contribution < -0.4 is 5.73 Å². The molecule has 2 aromatic heterocycles. The van der Waals surface area contributed by atoms with Crippen LogP contribution in [0.2, 0.25) is 0 Å². The third-order valence-corrected chi connectivity index (χ3v) is 5.45. The summed E-state index contributed by atoms with van der Waals surface area (Å²) in [5.74, 6) is 0.0744. The van der Waals surface area contributed by atoms with Gasteiger partial charge in [-0.25, -0.2) is 8.42 Å². The first-order valence-electron chi connectivity index (χ1n) is 6.31. The number of aromatic amines is 1. The number of nitrogens with one attached hydrogen (secondary N) is 1. The molecular formula is C12H15N5O2S. The Bertz CT molecular complexity index is 698. The number of sulfonamides is 1. The first-order valence-corrected chi connectivity index (χ1v) is 7.75. The molecule has 1 fully saturated rings. The van der Waals surface area contributed by atoms with E-state index in [1.165, 1.54) is 10.5 Å². The monoisotopic (exact) mass is 293 g/mol. The summed E-state index contributed by atoms with van der Waals surface area (Å²) < 4.78 is 26.8. The maximum atomic E-state index is 12.7. The average Bonchev–Trinajstić information content (AvgIpc) is 3.08. The number of nitrogens with two attached hydrogens (primary N) is 1. The second-order valence-corrected chi connectivity index (χ2v) is 6.56. The molecule has 20 heavy (non-hydrogen) atoms. The van der Waals surface area contributed by atoms with Crippen LogP contribution in [0, 0.1) is 0 Å². The zero-order chi connectivity index (χ0) is 14.2. The van der Waals surface area contributed by atoms with Crippen LogP contribution in [-0.4, -0.2) is 34.4 Å². The normalized spacial score (nSPS) is 20.3. The minimum atomic E-state index is -3.63. The molecule has 0 bridgehead atoms. The minimum absolute atomic E-state index is 0.0402. The van der Waals surface area contributed by atoms with E-state index in [0.717, 1.165) is 18.4 Å². The van der Waals surface area contributed by atoms with Crippen molar-refractivity contribution in [3.05, 3.63) is 36.3 Å². The van der Waals surface area contributed by atoms with E-state index in [9.17, 15) is 8.42 Å². The van der Waals surface area contributed by atoms with Gasteiger partial charge in [0.1, 0.15) is 10.7 Å². The Morgan fingerprint density at radius 3 is 2.75 bits per heavy atom. The molecule has 1 unspecified atom stereocenters. The van der Waals surface area contributed by atoms with Crippen LogP contribution in [0.4, 0.5) is 5.82 Å². The molecule has 7 nitrogen and oxygen atoms in total. The van der Waals surface area contributed by atoms with Crippen molar-refractivity contribution >= 4 is 15.8 Å². The zero-order valence-corrected chi connectivity index (χ0v) is 11.5. The number of hydrogen-bond donors (Lipinski definition) is 2. The lowest BCUT2D eigenvalue weighted by Gasteiger charge is -2.23. The Labute approximate surface area is 116 Å². The van der Waals surface area contributed by atoms with Gasteiger partial charge >= 0.3 is 0 Å². The first kappa shape index (κ1) is 13.1. The predicted octanol–water partition coefficient (Wildman–Crippen LogP) is 0.913. The van der Waals surface area contributed by atoms with Crippen molar-refractivity contribution in [2.24, 2.45) is 0 Å². The number of hydrogen-bond acceptors (Lipinski definition) is 5. The molecule has 1 aliphatic rings. The summed E-state index contributed by atoms with van der Waals surface area (Å²) in [7, 11) is -3.63. The van der Waals surface area contributed by atoms with Gasteiger partial charge in [0.25, 0.3) is 0 Å². The smallest absolute Gasteiger partial charge is 0.248 e. The quantitative estimate of drug-likeness (QED) is 0.875. The van der Waals surface area contributed by atoms with Gasteiger partial charge in [-0.05, 0) is 30.5 Å². The molecule has 3 N–H and O–H groups in total.